The number of benzene rings is 2. The lowest BCUT2D eigenvalue weighted by atomic mass is 10.1. The highest BCUT2D eigenvalue weighted by molar-refractivity contribution is 7.20. The largest absolute Gasteiger partial charge is 0.330 e. The van der Waals surface area contributed by atoms with Gasteiger partial charge in [-0.2, -0.15) is 4.52 Å². The van der Waals surface area contributed by atoms with Gasteiger partial charge in [0.2, 0.25) is 10.1 Å². The van der Waals surface area contributed by atoms with Gasteiger partial charge in [0.05, 0.1) is 0 Å². The SMILES string of the molecule is Cc1ccccc1Nc1nn2c(Cc3ccccc3)nnc2s1. The number of nitrogens with one attached hydrogen (secondary N) is 1. The Hall–Kier alpha value is -2.73. The predicted molar refractivity (Wildman–Crippen MR) is 92.4 cm³/mol. The molecule has 2 aromatic carbocycles. The summed E-state index contributed by atoms with van der Waals surface area (Å²) in [5, 5.41) is 17.3. The molecule has 0 bridgehead atoms. The predicted octanol–water partition coefficient (Wildman–Crippen LogP) is 3.83. The lowest BCUT2D eigenvalue weighted by Gasteiger charge is -2.04. The molecule has 0 unspecified atom stereocenters. The first-order chi connectivity index (χ1) is 11.3. The Morgan fingerprint density at radius 2 is 1.78 bits per heavy atom. The van der Waals surface area contributed by atoms with E-state index in [4.69, 9.17) is 0 Å². The van der Waals surface area contributed by atoms with Gasteiger partial charge in [0.1, 0.15) is 0 Å². The van der Waals surface area contributed by atoms with E-state index in [1.54, 1.807) is 0 Å². The summed E-state index contributed by atoms with van der Waals surface area (Å²) in [5.74, 6) is 0.847. The third kappa shape index (κ3) is 2.80. The van der Waals surface area contributed by atoms with E-state index in [0.29, 0.717) is 0 Å². The smallest absolute Gasteiger partial charge is 0.236 e. The van der Waals surface area contributed by atoms with Crippen LogP contribution in [0.4, 0.5) is 10.8 Å². The van der Waals surface area contributed by atoms with E-state index in [0.717, 1.165) is 28.0 Å². The molecular weight excluding hydrogens is 306 g/mol. The highest BCUT2D eigenvalue weighted by atomic mass is 32.1. The van der Waals surface area contributed by atoms with Crippen molar-refractivity contribution in [2.75, 3.05) is 5.32 Å². The van der Waals surface area contributed by atoms with Gasteiger partial charge in [0.15, 0.2) is 5.82 Å². The third-order valence-electron chi connectivity index (χ3n) is 3.65. The Morgan fingerprint density at radius 1 is 1.00 bits per heavy atom. The van der Waals surface area contributed by atoms with Gasteiger partial charge in [-0.05, 0) is 24.1 Å². The van der Waals surface area contributed by atoms with Crippen molar-refractivity contribution in [2.24, 2.45) is 0 Å². The Labute approximate surface area is 137 Å². The maximum absolute atomic E-state index is 4.60. The molecule has 0 atom stereocenters. The van der Waals surface area contributed by atoms with Crippen LogP contribution in [-0.2, 0) is 6.42 Å². The zero-order valence-corrected chi connectivity index (χ0v) is 13.4. The van der Waals surface area contributed by atoms with E-state index in [1.807, 2.05) is 40.9 Å². The molecule has 0 saturated heterocycles. The highest BCUT2D eigenvalue weighted by Crippen LogP contribution is 2.25. The number of hydrogen-bond acceptors (Lipinski definition) is 5. The van der Waals surface area contributed by atoms with Crippen LogP contribution in [-0.4, -0.2) is 19.8 Å². The summed E-state index contributed by atoms with van der Waals surface area (Å²) in [4.78, 5) is 0.798. The summed E-state index contributed by atoms with van der Waals surface area (Å²) < 4.78 is 1.82. The Kier molecular flexibility index (Phi) is 3.51. The van der Waals surface area contributed by atoms with Gasteiger partial charge in [-0.1, -0.05) is 59.9 Å². The number of rotatable bonds is 4. The minimum absolute atomic E-state index is 0.718. The lowest BCUT2D eigenvalue weighted by molar-refractivity contribution is 0.854. The Morgan fingerprint density at radius 3 is 2.61 bits per heavy atom. The molecule has 0 fully saturated rings. The summed E-state index contributed by atoms with van der Waals surface area (Å²) >= 11 is 1.50. The van der Waals surface area contributed by atoms with Gasteiger partial charge in [-0.25, -0.2) is 0 Å². The highest BCUT2D eigenvalue weighted by Gasteiger charge is 2.12. The first-order valence-corrected chi connectivity index (χ1v) is 8.19. The van der Waals surface area contributed by atoms with E-state index < -0.39 is 0 Å². The van der Waals surface area contributed by atoms with Gasteiger partial charge in [-0.15, -0.1) is 15.3 Å². The van der Waals surface area contributed by atoms with Crippen LogP contribution in [0.5, 0.6) is 0 Å². The fourth-order valence-electron chi connectivity index (χ4n) is 2.42. The molecule has 114 valence electrons. The van der Waals surface area contributed by atoms with E-state index in [1.165, 1.54) is 22.5 Å². The van der Waals surface area contributed by atoms with Crippen molar-refractivity contribution >= 4 is 27.1 Å². The molecule has 23 heavy (non-hydrogen) atoms. The van der Waals surface area contributed by atoms with Crippen LogP contribution in [0.3, 0.4) is 0 Å². The normalized spacial score (nSPS) is 11.0. The van der Waals surface area contributed by atoms with E-state index in [2.05, 4.69) is 45.7 Å². The summed E-state index contributed by atoms with van der Waals surface area (Å²) in [6.45, 7) is 2.07. The number of aromatic nitrogens is 4. The second kappa shape index (κ2) is 5.81. The molecule has 0 spiro atoms. The van der Waals surface area contributed by atoms with Gasteiger partial charge >= 0.3 is 0 Å². The number of nitrogens with zero attached hydrogens (tertiary/aromatic N) is 4. The van der Waals surface area contributed by atoms with Crippen molar-refractivity contribution < 1.29 is 0 Å². The standard InChI is InChI=1S/C17H15N5S/c1-12-7-5-6-10-14(12)18-16-21-22-15(19-20-17(22)23-16)11-13-8-3-2-4-9-13/h2-10H,11H2,1H3,(H,18,21). The fourth-order valence-corrected chi connectivity index (χ4v) is 3.20. The van der Waals surface area contributed by atoms with Crippen LogP contribution in [0.2, 0.25) is 0 Å². The van der Waals surface area contributed by atoms with Gasteiger partial charge in [0, 0.05) is 12.1 Å². The molecular formula is C17H15N5S. The molecule has 1 N–H and O–H groups in total. The minimum atomic E-state index is 0.718. The molecule has 2 aromatic heterocycles. The zero-order valence-electron chi connectivity index (χ0n) is 12.6. The molecule has 0 amide bonds. The number of fused-ring (bicyclic) bond motifs is 1. The van der Waals surface area contributed by atoms with E-state index in [9.17, 15) is 0 Å². The van der Waals surface area contributed by atoms with Gasteiger partial charge in [0.25, 0.3) is 0 Å². The molecule has 0 saturated carbocycles. The van der Waals surface area contributed by atoms with E-state index >= 15 is 0 Å². The lowest BCUT2D eigenvalue weighted by Crippen LogP contribution is -1.99. The maximum atomic E-state index is 4.60. The van der Waals surface area contributed by atoms with Crippen molar-refractivity contribution in [3.05, 3.63) is 71.5 Å². The van der Waals surface area contributed by atoms with Crippen LogP contribution >= 0.6 is 11.3 Å². The Bertz CT molecular complexity index is 942. The van der Waals surface area contributed by atoms with Crippen molar-refractivity contribution in [2.45, 2.75) is 13.3 Å². The monoisotopic (exact) mass is 321 g/mol. The number of hydrogen-bond donors (Lipinski definition) is 1. The number of para-hydroxylation sites is 1. The maximum Gasteiger partial charge on any atom is 0.236 e. The molecule has 4 aromatic rings. The van der Waals surface area contributed by atoms with Gasteiger partial charge < -0.3 is 5.32 Å². The molecule has 0 aliphatic rings. The molecule has 0 radical (unpaired) electrons. The van der Waals surface area contributed by atoms with Crippen molar-refractivity contribution in [3.63, 3.8) is 0 Å². The van der Waals surface area contributed by atoms with Crippen LogP contribution in [0.25, 0.3) is 4.96 Å². The van der Waals surface area contributed by atoms with Crippen molar-refractivity contribution in [1.82, 2.24) is 19.8 Å². The summed E-state index contributed by atoms with van der Waals surface area (Å²) in [6, 6.07) is 18.4. The van der Waals surface area contributed by atoms with Crippen molar-refractivity contribution in [3.8, 4) is 0 Å². The minimum Gasteiger partial charge on any atom is -0.330 e. The molecule has 5 nitrogen and oxygen atoms in total. The molecule has 0 aliphatic heterocycles. The quantitative estimate of drug-likeness (QED) is 0.621. The second-order valence-corrected chi connectivity index (χ2v) is 6.28. The van der Waals surface area contributed by atoms with E-state index in [-0.39, 0.29) is 0 Å². The number of anilines is 2. The second-order valence-electron chi connectivity index (χ2n) is 5.32. The van der Waals surface area contributed by atoms with Crippen LogP contribution in [0.1, 0.15) is 17.0 Å². The van der Waals surface area contributed by atoms with Crippen LogP contribution in [0, 0.1) is 6.92 Å². The first kappa shape index (κ1) is 13.9. The molecule has 2 heterocycles. The van der Waals surface area contributed by atoms with Crippen LogP contribution < -0.4 is 5.32 Å². The fraction of sp³-hybridized carbons (Fsp3) is 0.118. The van der Waals surface area contributed by atoms with Crippen molar-refractivity contribution in [1.29, 1.82) is 0 Å². The van der Waals surface area contributed by atoms with Crippen LogP contribution in [0.15, 0.2) is 54.6 Å². The first-order valence-electron chi connectivity index (χ1n) is 7.37. The Balaban J connectivity index is 1.63. The topological polar surface area (TPSA) is 55.1 Å². The summed E-state index contributed by atoms with van der Waals surface area (Å²) in [5.41, 5.74) is 3.44. The molecule has 4 rings (SSSR count). The average molecular weight is 321 g/mol. The average Bonchev–Trinajstić information content (AvgIpc) is 3.12. The summed E-state index contributed by atoms with van der Waals surface area (Å²) in [6.07, 6.45) is 0.718. The number of aryl methyl sites for hydroxylation is 1. The van der Waals surface area contributed by atoms with Gasteiger partial charge in [-0.3, -0.25) is 0 Å². The molecule has 6 heteroatoms. The third-order valence-corrected chi connectivity index (χ3v) is 4.46. The molecule has 0 aliphatic carbocycles. The summed E-state index contributed by atoms with van der Waals surface area (Å²) in [7, 11) is 0. The zero-order chi connectivity index (χ0) is 15.6.